The maximum atomic E-state index is 9.26. The summed E-state index contributed by atoms with van der Waals surface area (Å²) >= 11 is 5.94. The summed E-state index contributed by atoms with van der Waals surface area (Å²) in [6.07, 6.45) is 0. The number of phenolic OH excluding ortho intramolecular Hbond substituents is 1. The quantitative estimate of drug-likeness (QED) is 0.840. The first-order valence-corrected chi connectivity index (χ1v) is 5.92. The van der Waals surface area contributed by atoms with Gasteiger partial charge in [-0.15, -0.1) is 0 Å². The molecule has 0 aliphatic rings. The Hall–Kier alpha value is -1.87. The van der Waals surface area contributed by atoms with Gasteiger partial charge >= 0.3 is 0 Å². The number of halogens is 1. The van der Waals surface area contributed by atoms with Gasteiger partial charge in [0.1, 0.15) is 30.5 Å². The summed E-state index contributed by atoms with van der Waals surface area (Å²) < 4.78 is 10.9. The average molecular weight is 265 g/mol. The van der Waals surface area contributed by atoms with Crippen LogP contribution in [0.5, 0.6) is 17.2 Å². The van der Waals surface area contributed by atoms with Crippen molar-refractivity contribution in [3.05, 3.63) is 53.6 Å². The van der Waals surface area contributed by atoms with Crippen molar-refractivity contribution in [2.45, 2.75) is 0 Å². The molecule has 94 valence electrons. The molecule has 0 aliphatic carbocycles. The van der Waals surface area contributed by atoms with Crippen LogP contribution >= 0.6 is 11.6 Å². The molecule has 4 heteroatoms. The lowest BCUT2D eigenvalue weighted by Gasteiger charge is -2.09. The first kappa shape index (κ1) is 12.6. The molecule has 0 aliphatic heterocycles. The highest BCUT2D eigenvalue weighted by Crippen LogP contribution is 2.23. The molecule has 0 fully saturated rings. The summed E-state index contributed by atoms with van der Waals surface area (Å²) in [6.45, 7) is 0.772. The van der Waals surface area contributed by atoms with Gasteiger partial charge in [0.05, 0.1) is 5.02 Å². The molecule has 2 aromatic rings. The van der Waals surface area contributed by atoms with Crippen molar-refractivity contribution in [2.24, 2.45) is 0 Å². The van der Waals surface area contributed by atoms with Crippen LogP contribution < -0.4 is 9.47 Å². The van der Waals surface area contributed by atoms with Crippen LogP contribution in [0.2, 0.25) is 5.02 Å². The van der Waals surface area contributed by atoms with Gasteiger partial charge in [0.15, 0.2) is 0 Å². The summed E-state index contributed by atoms with van der Waals surface area (Å²) in [4.78, 5) is 0. The SMILES string of the molecule is Oc1cccc(OCCOc2ccccc2Cl)c1. The third-order valence-electron chi connectivity index (χ3n) is 2.26. The molecule has 0 saturated heterocycles. The molecule has 1 N–H and O–H groups in total. The number of phenols is 1. The lowest BCUT2D eigenvalue weighted by Crippen LogP contribution is -2.09. The van der Waals surface area contributed by atoms with E-state index >= 15 is 0 Å². The second-order valence-electron chi connectivity index (χ2n) is 3.62. The molecular formula is C14H13ClO3. The fraction of sp³-hybridized carbons (Fsp3) is 0.143. The van der Waals surface area contributed by atoms with E-state index in [0.717, 1.165) is 0 Å². The van der Waals surface area contributed by atoms with E-state index in [-0.39, 0.29) is 5.75 Å². The third kappa shape index (κ3) is 3.57. The standard InChI is InChI=1S/C14H13ClO3/c15-13-6-1-2-7-14(13)18-9-8-17-12-5-3-4-11(16)10-12/h1-7,10,16H,8-9H2. The molecule has 18 heavy (non-hydrogen) atoms. The van der Waals surface area contributed by atoms with Crippen LogP contribution in [-0.2, 0) is 0 Å². The van der Waals surface area contributed by atoms with Gasteiger partial charge in [-0.1, -0.05) is 29.8 Å². The molecule has 0 radical (unpaired) electrons. The van der Waals surface area contributed by atoms with Crippen molar-refractivity contribution in [3.8, 4) is 17.2 Å². The van der Waals surface area contributed by atoms with Gasteiger partial charge in [0, 0.05) is 6.07 Å². The molecule has 0 heterocycles. The smallest absolute Gasteiger partial charge is 0.138 e. The fourth-order valence-corrected chi connectivity index (χ4v) is 1.64. The minimum absolute atomic E-state index is 0.180. The number of hydrogen-bond acceptors (Lipinski definition) is 3. The molecule has 2 rings (SSSR count). The average Bonchev–Trinajstić information content (AvgIpc) is 2.37. The van der Waals surface area contributed by atoms with Crippen LogP contribution in [0.4, 0.5) is 0 Å². The van der Waals surface area contributed by atoms with Crippen molar-refractivity contribution in [2.75, 3.05) is 13.2 Å². The molecule has 3 nitrogen and oxygen atoms in total. The molecule has 0 saturated carbocycles. The zero-order chi connectivity index (χ0) is 12.8. The highest BCUT2D eigenvalue weighted by Gasteiger charge is 2.00. The molecule has 0 aromatic heterocycles. The van der Waals surface area contributed by atoms with Crippen molar-refractivity contribution in [1.29, 1.82) is 0 Å². The second kappa shape index (κ2) is 6.17. The van der Waals surface area contributed by atoms with E-state index in [2.05, 4.69) is 0 Å². The molecule has 0 spiro atoms. The van der Waals surface area contributed by atoms with Crippen molar-refractivity contribution in [3.63, 3.8) is 0 Å². The Labute approximate surface area is 111 Å². The Bertz CT molecular complexity index is 514. The first-order valence-electron chi connectivity index (χ1n) is 5.55. The van der Waals surface area contributed by atoms with Gasteiger partial charge in [-0.2, -0.15) is 0 Å². The van der Waals surface area contributed by atoms with E-state index in [1.54, 1.807) is 36.4 Å². The lowest BCUT2D eigenvalue weighted by atomic mass is 10.3. The van der Waals surface area contributed by atoms with E-state index in [9.17, 15) is 5.11 Å². The van der Waals surface area contributed by atoms with E-state index in [4.69, 9.17) is 21.1 Å². The highest BCUT2D eigenvalue weighted by molar-refractivity contribution is 6.32. The van der Waals surface area contributed by atoms with Crippen LogP contribution in [0.1, 0.15) is 0 Å². The Kier molecular flexibility index (Phi) is 4.31. The van der Waals surface area contributed by atoms with E-state index < -0.39 is 0 Å². The maximum absolute atomic E-state index is 9.26. The summed E-state index contributed by atoms with van der Waals surface area (Å²) in [7, 11) is 0. The monoisotopic (exact) mass is 264 g/mol. The van der Waals surface area contributed by atoms with Gasteiger partial charge in [-0.25, -0.2) is 0 Å². The number of aromatic hydroxyl groups is 1. The summed E-state index contributed by atoms with van der Waals surface area (Å²) in [5.41, 5.74) is 0. The Balaban J connectivity index is 1.78. The molecule has 2 aromatic carbocycles. The van der Waals surface area contributed by atoms with Crippen molar-refractivity contribution >= 4 is 11.6 Å². The van der Waals surface area contributed by atoms with Crippen molar-refractivity contribution < 1.29 is 14.6 Å². The number of rotatable bonds is 5. The van der Waals surface area contributed by atoms with Gasteiger partial charge in [0.25, 0.3) is 0 Å². The third-order valence-corrected chi connectivity index (χ3v) is 2.58. The topological polar surface area (TPSA) is 38.7 Å². The number of benzene rings is 2. The van der Waals surface area contributed by atoms with Gasteiger partial charge < -0.3 is 14.6 Å². The van der Waals surface area contributed by atoms with Crippen LogP contribution in [0, 0.1) is 0 Å². The number of ether oxygens (including phenoxy) is 2. The van der Waals surface area contributed by atoms with Crippen molar-refractivity contribution in [1.82, 2.24) is 0 Å². The summed E-state index contributed by atoms with van der Waals surface area (Å²) in [5.74, 6) is 1.43. The van der Waals surface area contributed by atoms with Gasteiger partial charge in [-0.3, -0.25) is 0 Å². The zero-order valence-electron chi connectivity index (χ0n) is 9.67. The van der Waals surface area contributed by atoms with E-state index in [1.807, 2.05) is 12.1 Å². The lowest BCUT2D eigenvalue weighted by molar-refractivity contribution is 0.217. The zero-order valence-corrected chi connectivity index (χ0v) is 10.4. The molecule has 0 bridgehead atoms. The van der Waals surface area contributed by atoms with Crippen LogP contribution in [0.3, 0.4) is 0 Å². The molecular weight excluding hydrogens is 252 g/mol. The van der Waals surface area contributed by atoms with Crippen LogP contribution in [-0.4, -0.2) is 18.3 Å². The molecule has 0 atom stereocenters. The Morgan fingerprint density at radius 2 is 1.72 bits per heavy atom. The predicted octanol–water partition coefficient (Wildman–Crippen LogP) is 3.50. The Morgan fingerprint density at radius 1 is 0.944 bits per heavy atom. The summed E-state index contributed by atoms with van der Waals surface area (Å²) in [5, 5.41) is 9.83. The fourth-order valence-electron chi connectivity index (χ4n) is 1.45. The largest absolute Gasteiger partial charge is 0.508 e. The molecule has 0 amide bonds. The first-order chi connectivity index (χ1) is 8.75. The van der Waals surface area contributed by atoms with E-state index in [1.165, 1.54) is 0 Å². The van der Waals surface area contributed by atoms with Crippen LogP contribution in [0.25, 0.3) is 0 Å². The predicted molar refractivity (Wildman–Crippen MR) is 70.5 cm³/mol. The van der Waals surface area contributed by atoms with E-state index in [0.29, 0.717) is 29.7 Å². The normalized spacial score (nSPS) is 10.1. The van der Waals surface area contributed by atoms with Gasteiger partial charge in [-0.05, 0) is 24.3 Å². The van der Waals surface area contributed by atoms with Crippen LogP contribution in [0.15, 0.2) is 48.5 Å². The summed E-state index contributed by atoms with van der Waals surface area (Å²) in [6, 6.07) is 13.9. The number of hydrogen-bond donors (Lipinski definition) is 1. The highest BCUT2D eigenvalue weighted by atomic mass is 35.5. The number of para-hydroxylation sites is 1. The Morgan fingerprint density at radius 3 is 2.50 bits per heavy atom. The minimum atomic E-state index is 0.180. The maximum Gasteiger partial charge on any atom is 0.138 e. The van der Waals surface area contributed by atoms with Gasteiger partial charge in [0.2, 0.25) is 0 Å². The second-order valence-corrected chi connectivity index (χ2v) is 4.03. The minimum Gasteiger partial charge on any atom is -0.508 e. The molecule has 0 unspecified atom stereocenters.